The summed E-state index contributed by atoms with van der Waals surface area (Å²) in [5.74, 6) is 0.958. The molecule has 0 N–H and O–H groups in total. The third-order valence-electron chi connectivity index (χ3n) is 0.580. The van der Waals surface area contributed by atoms with Crippen molar-refractivity contribution < 1.29 is 4.43 Å². The van der Waals surface area contributed by atoms with Crippen molar-refractivity contribution >= 4 is 33.7 Å². The predicted octanol–water partition coefficient (Wildman–Crippen LogP) is 0.397. The first-order chi connectivity index (χ1) is 3.35. The van der Waals surface area contributed by atoms with E-state index in [2.05, 4.69) is 0 Å². The van der Waals surface area contributed by atoms with Crippen LogP contribution in [0.3, 0.4) is 0 Å². The lowest BCUT2D eigenvalue weighted by atomic mass is 10.5. The zero-order valence-electron chi connectivity index (χ0n) is 3.86. The van der Waals surface area contributed by atoms with E-state index in [0.717, 1.165) is 0 Å². The molecule has 0 unspecified atom stereocenters. The van der Waals surface area contributed by atoms with Crippen molar-refractivity contribution in [1.29, 1.82) is 0 Å². The third-order valence-corrected chi connectivity index (χ3v) is 1.74. The molecule has 0 aromatic rings. The van der Waals surface area contributed by atoms with Crippen LogP contribution < -0.4 is 0 Å². The first-order valence-electron chi connectivity index (χ1n) is 1.88. The smallest absolute Gasteiger partial charge is 0.175 e. The number of hydrogen-bond donors (Lipinski definition) is 0. The lowest BCUT2D eigenvalue weighted by Crippen LogP contribution is -2.14. The van der Waals surface area contributed by atoms with Gasteiger partial charge in [-0.1, -0.05) is 0 Å². The van der Waals surface area contributed by atoms with E-state index in [1.54, 1.807) is 0 Å². The molecule has 0 aliphatic carbocycles. The second-order valence-corrected chi connectivity index (χ2v) is 2.05. The van der Waals surface area contributed by atoms with E-state index in [-0.39, 0.29) is 6.10 Å². The Hall–Kier alpha value is 0.757. The van der Waals surface area contributed by atoms with Crippen molar-refractivity contribution in [2.24, 2.45) is 0 Å². The van der Waals surface area contributed by atoms with Crippen LogP contribution in [0, 0.1) is 0 Å². The largest absolute Gasteiger partial charge is 0.420 e. The van der Waals surface area contributed by atoms with Gasteiger partial charge in [0.25, 0.3) is 0 Å². The fourth-order valence-electron chi connectivity index (χ4n) is 0.130. The minimum Gasteiger partial charge on any atom is -0.420 e. The lowest BCUT2D eigenvalue weighted by Gasteiger charge is -2.05. The van der Waals surface area contributed by atoms with Crippen molar-refractivity contribution in [3.05, 3.63) is 0 Å². The Morgan fingerprint density at radius 2 is 1.86 bits per heavy atom. The van der Waals surface area contributed by atoms with E-state index < -0.39 is 0 Å². The van der Waals surface area contributed by atoms with Gasteiger partial charge in [-0.15, -0.1) is 23.2 Å². The maximum atomic E-state index is 5.36. The highest BCUT2D eigenvalue weighted by Crippen LogP contribution is 1.94. The van der Waals surface area contributed by atoms with Crippen LogP contribution in [0.2, 0.25) is 0 Å². The Labute approximate surface area is 56.5 Å². The van der Waals surface area contributed by atoms with Crippen molar-refractivity contribution in [3.8, 4) is 0 Å². The van der Waals surface area contributed by atoms with Crippen LogP contribution >= 0.6 is 23.2 Å². The summed E-state index contributed by atoms with van der Waals surface area (Å²) in [7, 11) is 1.42. The molecule has 43 valence electrons. The molecule has 0 aromatic heterocycles. The highest BCUT2D eigenvalue weighted by Gasteiger charge is 1.99. The molecule has 0 saturated heterocycles. The van der Waals surface area contributed by atoms with E-state index in [0.29, 0.717) is 11.8 Å². The van der Waals surface area contributed by atoms with Gasteiger partial charge >= 0.3 is 0 Å². The predicted molar refractivity (Wildman–Crippen MR) is 34.9 cm³/mol. The Kier molecular flexibility index (Phi) is 5.44. The van der Waals surface area contributed by atoms with Gasteiger partial charge in [0, 0.05) is 11.8 Å². The molecule has 0 amide bonds. The highest BCUT2D eigenvalue weighted by atomic mass is 35.5. The van der Waals surface area contributed by atoms with Gasteiger partial charge < -0.3 is 4.43 Å². The second-order valence-electron chi connectivity index (χ2n) is 1.10. The quantitative estimate of drug-likeness (QED) is 0.426. The van der Waals surface area contributed by atoms with Gasteiger partial charge in [-0.3, -0.25) is 0 Å². The van der Waals surface area contributed by atoms with Crippen molar-refractivity contribution in [3.63, 3.8) is 0 Å². The van der Waals surface area contributed by atoms with Crippen LogP contribution in [-0.2, 0) is 4.43 Å². The number of alkyl halides is 2. The molecule has 0 aliphatic rings. The summed E-state index contributed by atoms with van der Waals surface area (Å²) in [4.78, 5) is 0. The molecule has 0 fully saturated rings. The average molecular weight is 158 g/mol. The van der Waals surface area contributed by atoms with Crippen LogP contribution in [0.5, 0.6) is 0 Å². The fraction of sp³-hybridized carbons (Fsp3) is 1.00. The van der Waals surface area contributed by atoms with Gasteiger partial charge in [0.15, 0.2) is 10.5 Å². The molecule has 0 atom stereocenters. The topological polar surface area (TPSA) is 9.23 Å². The number of halogens is 2. The highest BCUT2D eigenvalue weighted by molar-refractivity contribution is 6.21. The van der Waals surface area contributed by atoms with Gasteiger partial charge in [0.1, 0.15) is 0 Å². The van der Waals surface area contributed by atoms with Crippen LogP contribution in [0.25, 0.3) is 0 Å². The van der Waals surface area contributed by atoms with E-state index in [4.69, 9.17) is 27.6 Å². The SMILES string of the molecule is [SiH2]OC(CCl)CCl. The maximum absolute atomic E-state index is 5.36. The minimum absolute atomic E-state index is 0.0293. The molecule has 0 heterocycles. The summed E-state index contributed by atoms with van der Waals surface area (Å²) in [5.41, 5.74) is 0. The molecule has 1 nitrogen and oxygen atoms in total. The fourth-order valence-corrected chi connectivity index (χ4v) is 1.17. The lowest BCUT2D eigenvalue weighted by molar-refractivity contribution is 0.274. The summed E-state index contributed by atoms with van der Waals surface area (Å²) in [6.07, 6.45) is 0.0293. The number of rotatable bonds is 3. The first kappa shape index (κ1) is 7.76. The molecule has 0 saturated carbocycles. The summed E-state index contributed by atoms with van der Waals surface area (Å²) >= 11 is 10.7. The van der Waals surface area contributed by atoms with Gasteiger partial charge in [-0.2, -0.15) is 0 Å². The van der Waals surface area contributed by atoms with E-state index in [1.807, 2.05) is 0 Å². The molecule has 0 aliphatic heterocycles. The summed E-state index contributed by atoms with van der Waals surface area (Å²) < 4.78 is 4.81. The Morgan fingerprint density at radius 3 is 1.86 bits per heavy atom. The standard InChI is InChI=1S/C3H7Cl2OSi/c4-1-3(2-5)6-7/h3H,1-2,7H2. The van der Waals surface area contributed by atoms with Gasteiger partial charge in [0.2, 0.25) is 0 Å². The normalized spacial score (nSPS) is 10.3. The zero-order valence-corrected chi connectivity index (χ0v) is 6.79. The van der Waals surface area contributed by atoms with Gasteiger partial charge in [0.05, 0.1) is 6.10 Å². The van der Waals surface area contributed by atoms with Crippen molar-refractivity contribution in [2.45, 2.75) is 6.10 Å². The molecule has 7 heavy (non-hydrogen) atoms. The van der Waals surface area contributed by atoms with Crippen LogP contribution in [-0.4, -0.2) is 28.3 Å². The zero-order chi connectivity index (χ0) is 5.70. The van der Waals surface area contributed by atoms with Crippen LogP contribution in [0.4, 0.5) is 0 Å². The Morgan fingerprint density at radius 1 is 1.43 bits per heavy atom. The van der Waals surface area contributed by atoms with Crippen molar-refractivity contribution in [2.75, 3.05) is 11.8 Å². The molecular formula is C3H7Cl2OSi. The minimum atomic E-state index is 0.0293. The maximum Gasteiger partial charge on any atom is 0.175 e. The molecule has 0 rings (SSSR count). The van der Waals surface area contributed by atoms with E-state index in [9.17, 15) is 0 Å². The van der Waals surface area contributed by atoms with Gasteiger partial charge in [-0.05, 0) is 0 Å². The monoisotopic (exact) mass is 157 g/mol. The summed E-state index contributed by atoms with van der Waals surface area (Å²) in [5, 5.41) is 0. The van der Waals surface area contributed by atoms with Crippen LogP contribution in [0.1, 0.15) is 0 Å². The van der Waals surface area contributed by atoms with Gasteiger partial charge in [-0.25, -0.2) is 0 Å². The van der Waals surface area contributed by atoms with E-state index >= 15 is 0 Å². The average Bonchev–Trinajstić information content (AvgIpc) is 1.72. The summed E-state index contributed by atoms with van der Waals surface area (Å²) in [6, 6.07) is 0. The number of hydrogen-bond acceptors (Lipinski definition) is 1. The summed E-state index contributed by atoms with van der Waals surface area (Å²) in [6.45, 7) is 0. The molecule has 0 aromatic carbocycles. The molecule has 0 bridgehead atoms. The van der Waals surface area contributed by atoms with Crippen molar-refractivity contribution in [1.82, 2.24) is 0 Å². The Balaban J connectivity index is 2.99. The molecule has 4 heteroatoms. The third kappa shape index (κ3) is 3.35. The molecule has 1 radical (unpaired) electrons. The molecule has 0 spiro atoms. The first-order valence-corrected chi connectivity index (χ1v) is 3.52. The van der Waals surface area contributed by atoms with Crippen LogP contribution in [0.15, 0.2) is 0 Å². The van der Waals surface area contributed by atoms with E-state index in [1.165, 1.54) is 10.5 Å². The molecular weight excluding hydrogens is 151 g/mol. The second kappa shape index (κ2) is 4.90. The Bertz CT molecular complexity index is 34.4.